The minimum absolute atomic E-state index is 0.327. The van der Waals surface area contributed by atoms with Crippen molar-refractivity contribution in [3.8, 4) is 0 Å². The molecule has 1 rings (SSSR count). The van der Waals surface area contributed by atoms with E-state index in [9.17, 15) is 4.79 Å². The van der Waals surface area contributed by atoms with E-state index in [2.05, 4.69) is 22.6 Å². The van der Waals surface area contributed by atoms with Crippen molar-refractivity contribution in [1.29, 1.82) is 0 Å². The van der Waals surface area contributed by atoms with Gasteiger partial charge in [-0.1, -0.05) is 0 Å². The van der Waals surface area contributed by atoms with Crippen LogP contribution in [0.5, 0.6) is 0 Å². The van der Waals surface area contributed by atoms with Crippen LogP contribution in [-0.2, 0) is 4.74 Å². The number of hydrogen-bond donors (Lipinski definition) is 2. The Morgan fingerprint density at radius 2 is 2.50 bits per heavy atom. The van der Waals surface area contributed by atoms with Crippen molar-refractivity contribution in [2.75, 3.05) is 39.8 Å². The summed E-state index contributed by atoms with van der Waals surface area (Å²) in [6.45, 7) is 5.82. The highest BCUT2D eigenvalue weighted by molar-refractivity contribution is 5.67. The molecule has 1 amide bonds. The maximum atomic E-state index is 11.0. The minimum atomic E-state index is -0.327. The molecule has 1 saturated heterocycles. The predicted molar refractivity (Wildman–Crippen MR) is 54.3 cm³/mol. The third kappa shape index (κ3) is 3.51. The Bertz CT molecular complexity index is 187. The molecule has 1 aliphatic rings. The van der Waals surface area contributed by atoms with Gasteiger partial charge < -0.3 is 15.4 Å². The van der Waals surface area contributed by atoms with Crippen LogP contribution in [0.4, 0.5) is 4.79 Å². The fourth-order valence-electron chi connectivity index (χ4n) is 1.47. The van der Waals surface area contributed by atoms with E-state index in [0.717, 1.165) is 19.6 Å². The van der Waals surface area contributed by atoms with Crippen molar-refractivity contribution in [2.45, 2.75) is 13.0 Å². The molecule has 1 aliphatic heterocycles. The molecule has 0 saturated carbocycles. The molecule has 1 heterocycles. The Morgan fingerprint density at radius 1 is 1.71 bits per heavy atom. The van der Waals surface area contributed by atoms with Crippen molar-refractivity contribution in [1.82, 2.24) is 15.5 Å². The van der Waals surface area contributed by atoms with Gasteiger partial charge in [0, 0.05) is 32.2 Å². The molecule has 0 bridgehead atoms. The molecule has 0 aromatic heterocycles. The summed E-state index contributed by atoms with van der Waals surface area (Å²) in [6, 6.07) is 0.369. The molecule has 0 aromatic rings. The fraction of sp³-hybridized carbons (Fsp3) is 0.889. The van der Waals surface area contributed by atoms with Crippen molar-refractivity contribution in [3.63, 3.8) is 0 Å². The first-order valence-corrected chi connectivity index (χ1v) is 5.05. The number of carbonyl (C=O) groups excluding carboxylic acids is 1. The van der Waals surface area contributed by atoms with Crippen LogP contribution in [0.15, 0.2) is 0 Å². The van der Waals surface area contributed by atoms with Gasteiger partial charge in [-0.2, -0.15) is 0 Å². The first-order valence-electron chi connectivity index (χ1n) is 5.05. The number of ether oxygens (including phenoxy) is 1. The second kappa shape index (κ2) is 5.82. The van der Waals surface area contributed by atoms with Crippen LogP contribution in [-0.4, -0.2) is 56.9 Å². The lowest BCUT2D eigenvalue weighted by molar-refractivity contribution is 0.142. The van der Waals surface area contributed by atoms with Crippen LogP contribution in [0.3, 0.4) is 0 Å². The van der Waals surface area contributed by atoms with Gasteiger partial charge in [0.1, 0.15) is 0 Å². The molecule has 5 heteroatoms. The van der Waals surface area contributed by atoms with E-state index in [1.54, 1.807) is 6.92 Å². The summed E-state index contributed by atoms with van der Waals surface area (Å²) in [7, 11) is 2.07. The number of amides is 1. The predicted octanol–water partition coefficient (Wildman–Crippen LogP) is -0.364. The Hall–Kier alpha value is -0.810. The lowest BCUT2D eigenvalue weighted by Crippen LogP contribution is -2.53. The number of likely N-dealkylation sites (N-methyl/N-ethyl adjacent to an activating group) is 1. The first-order chi connectivity index (χ1) is 6.74. The van der Waals surface area contributed by atoms with Crippen LogP contribution < -0.4 is 10.6 Å². The SMILES string of the molecule is CCOC(=O)NCC1CNCCN1C. The molecule has 5 nitrogen and oxygen atoms in total. The molecule has 1 fully saturated rings. The normalized spacial score (nSPS) is 23.1. The lowest BCUT2D eigenvalue weighted by Gasteiger charge is -2.32. The van der Waals surface area contributed by atoms with Crippen LogP contribution in [0, 0.1) is 0 Å². The van der Waals surface area contributed by atoms with Gasteiger partial charge in [0.05, 0.1) is 6.61 Å². The zero-order valence-corrected chi connectivity index (χ0v) is 8.88. The monoisotopic (exact) mass is 201 g/mol. The van der Waals surface area contributed by atoms with E-state index in [0.29, 0.717) is 19.2 Å². The molecule has 1 atom stereocenters. The number of carbonyl (C=O) groups is 1. The number of rotatable bonds is 3. The summed E-state index contributed by atoms with van der Waals surface area (Å²) in [5.74, 6) is 0. The van der Waals surface area contributed by atoms with Crippen LogP contribution in [0.1, 0.15) is 6.92 Å². The van der Waals surface area contributed by atoms with Gasteiger partial charge in [-0.05, 0) is 14.0 Å². The van der Waals surface area contributed by atoms with E-state index in [-0.39, 0.29) is 6.09 Å². The smallest absolute Gasteiger partial charge is 0.407 e. The summed E-state index contributed by atoms with van der Waals surface area (Å²) in [4.78, 5) is 13.3. The number of hydrogen-bond acceptors (Lipinski definition) is 4. The topological polar surface area (TPSA) is 53.6 Å². The van der Waals surface area contributed by atoms with E-state index in [4.69, 9.17) is 4.74 Å². The van der Waals surface area contributed by atoms with Crippen molar-refractivity contribution >= 4 is 6.09 Å². The Labute approximate surface area is 84.8 Å². The highest BCUT2D eigenvalue weighted by atomic mass is 16.5. The van der Waals surface area contributed by atoms with E-state index in [1.807, 2.05) is 0 Å². The third-order valence-electron chi connectivity index (χ3n) is 2.40. The minimum Gasteiger partial charge on any atom is -0.450 e. The number of alkyl carbamates (subject to hydrolysis) is 1. The fourth-order valence-corrected chi connectivity index (χ4v) is 1.47. The first kappa shape index (κ1) is 11.3. The van der Waals surface area contributed by atoms with E-state index >= 15 is 0 Å². The van der Waals surface area contributed by atoms with E-state index in [1.165, 1.54) is 0 Å². The van der Waals surface area contributed by atoms with Gasteiger partial charge in [0.25, 0.3) is 0 Å². The van der Waals surface area contributed by atoms with Gasteiger partial charge in [-0.15, -0.1) is 0 Å². The van der Waals surface area contributed by atoms with Crippen molar-refractivity contribution in [3.05, 3.63) is 0 Å². The maximum Gasteiger partial charge on any atom is 0.407 e. The molecular weight excluding hydrogens is 182 g/mol. The molecule has 2 N–H and O–H groups in total. The summed E-state index contributed by atoms with van der Waals surface area (Å²) in [6.07, 6.45) is -0.327. The molecular formula is C9H19N3O2. The zero-order chi connectivity index (χ0) is 10.4. The summed E-state index contributed by atoms with van der Waals surface area (Å²) < 4.78 is 4.78. The van der Waals surface area contributed by atoms with Gasteiger partial charge >= 0.3 is 6.09 Å². The highest BCUT2D eigenvalue weighted by Crippen LogP contribution is 1.97. The molecule has 0 aliphatic carbocycles. The van der Waals surface area contributed by atoms with Gasteiger partial charge in [-0.25, -0.2) is 4.79 Å². The number of nitrogens with one attached hydrogen (secondary N) is 2. The van der Waals surface area contributed by atoms with Crippen molar-refractivity contribution < 1.29 is 9.53 Å². The third-order valence-corrected chi connectivity index (χ3v) is 2.40. The summed E-state index contributed by atoms with van der Waals surface area (Å²) >= 11 is 0. The molecule has 1 unspecified atom stereocenters. The average Bonchev–Trinajstić information content (AvgIpc) is 2.17. The molecule has 0 aromatic carbocycles. The second-order valence-corrected chi connectivity index (χ2v) is 3.44. The Kier molecular flexibility index (Phi) is 4.69. The summed E-state index contributed by atoms with van der Waals surface area (Å²) in [5, 5.41) is 6.03. The van der Waals surface area contributed by atoms with Gasteiger partial charge in [-0.3, -0.25) is 4.90 Å². The molecule has 0 radical (unpaired) electrons. The second-order valence-electron chi connectivity index (χ2n) is 3.44. The number of nitrogens with zero attached hydrogens (tertiary/aromatic N) is 1. The zero-order valence-electron chi connectivity index (χ0n) is 8.88. The van der Waals surface area contributed by atoms with Crippen molar-refractivity contribution in [2.24, 2.45) is 0 Å². The van der Waals surface area contributed by atoms with Gasteiger partial charge in [0.15, 0.2) is 0 Å². The number of piperazine rings is 1. The summed E-state index contributed by atoms with van der Waals surface area (Å²) in [5.41, 5.74) is 0. The molecule has 82 valence electrons. The van der Waals surface area contributed by atoms with Crippen LogP contribution in [0.2, 0.25) is 0 Å². The van der Waals surface area contributed by atoms with E-state index < -0.39 is 0 Å². The highest BCUT2D eigenvalue weighted by Gasteiger charge is 2.18. The average molecular weight is 201 g/mol. The largest absolute Gasteiger partial charge is 0.450 e. The Balaban J connectivity index is 2.19. The molecule has 14 heavy (non-hydrogen) atoms. The van der Waals surface area contributed by atoms with Gasteiger partial charge in [0.2, 0.25) is 0 Å². The standard InChI is InChI=1S/C9H19N3O2/c1-3-14-9(13)11-7-8-6-10-4-5-12(8)2/h8,10H,3-7H2,1-2H3,(H,11,13). The lowest BCUT2D eigenvalue weighted by atomic mass is 10.2. The van der Waals surface area contributed by atoms with Crippen LogP contribution >= 0.6 is 0 Å². The Morgan fingerprint density at radius 3 is 3.14 bits per heavy atom. The molecule has 0 spiro atoms. The maximum absolute atomic E-state index is 11.0. The quantitative estimate of drug-likeness (QED) is 0.654. The van der Waals surface area contributed by atoms with Crippen LogP contribution in [0.25, 0.3) is 0 Å².